The Morgan fingerprint density at radius 2 is 1.75 bits per heavy atom. The van der Waals surface area contributed by atoms with E-state index >= 15 is 0 Å². The standard InChI is InChI=1S/C20H21N3O4S/c1-14(24)23-16-6-8-17(9-7-16)28(26,27)11-10-20(25)22-13-15-12-21-19-5-3-2-4-18(15)19/h2-9,12,21H,10-11,13H2,1H3,(H,22,25)(H,23,24). The summed E-state index contributed by atoms with van der Waals surface area (Å²) >= 11 is 0. The Morgan fingerprint density at radius 1 is 1.04 bits per heavy atom. The number of aromatic nitrogens is 1. The molecule has 8 heteroatoms. The number of hydrogen-bond donors (Lipinski definition) is 3. The van der Waals surface area contributed by atoms with Crippen LogP contribution in [0, 0.1) is 0 Å². The van der Waals surface area contributed by atoms with E-state index in [1.807, 2.05) is 30.5 Å². The lowest BCUT2D eigenvalue weighted by atomic mass is 10.2. The van der Waals surface area contributed by atoms with Gasteiger partial charge in [-0.3, -0.25) is 9.59 Å². The van der Waals surface area contributed by atoms with Crippen LogP contribution in [0.1, 0.15) is 18.9 Å². The topological polar surface area (TPSA) is 108 Å². The summed E-state index contributed by atoms with van der Waals surface area (Å²) in [5.41, 5.74) is 2.44. The van der Waals surface area contributed by atoms with Crippen LogP contribution in [-0.4, -0.2) is 31.0 Å². The van der Waals surface area contributed by atoms with Gasteiger partial charge >= 0.3 is 0 Å². The summed E-state index contributed by atoms with van der Waals surface area (Å²) in [4.78, 5) is 26.4. The Hall–Kier alpha value is -3.13. The zero-order valence-corrected chi connectivity index (χ0v) is 16.2. The van der Waals surface area contributed by atoms with Gasteiger partial charge in [-0.15, -0.1) is 0 Å². The largest absolute Gasteiger partial charge is 0.361 e. The summed E-state index contributed by atoms with van der Waals surface area (Å²) in [5.74, 6) is -0.849. The highest BCUT2D eigenvalue weighted by Gasteiger charge is 2.17. The second-order valence-electron chi connectivity index (χ2n) is 6.41. The van der Waals surface area contributed by atoms with Gasteiger partial charge in [0.1, 0.15) is 0 Å². The maximum absolute atomic E-state index is 12.4. The van der Waals surface area contributed by atoms with Gasteiger partial charge in [0, 0.05) is 42.7 Å². The Kier molecular flexibility index (Phi) is 5.79. The quantitative estimate of drug-likeness (QED) is 0.567. The lowest BCUT2D eigenvalue weighted by Crippen LogP contribution is -2.25. The first-order valence-corrected chi connectivity index (χ1v) is 10.4. The molecule has 3 rings (SSSR count). The Labute approximate surface area is 163 Å². The van der Waals surface area contributed by atoms with Crippen molar-refractivity contribution >= 4 is 38.2 Å². The fourth-order valence-electron chi connectivity index (χ4n) is 2.85. The third-order valence-corrected chi connectivity index (χ3v) is 6.01. The number of carbonyl (C=O) groups is 2. The monoisotopic (exact) mass is 399 g/mol. The molecular weight excluding hydrogens is 378 g/mol. The van der Waals surface area contributed by atoms with Crippen molar-refractivity contribution in [3.05, 3.63) is 60.3 Å². The van der Waals surface area contributed by atoms with E-state index in [-0.39, 0.29) is 28.9 Å². The zero-order valence-electron chi connectivity index (χ0n) is 15.4. The van der Waals surface area contributed by atoms with E-state index in [9.17, 15) is 18.0 Å². The normalized spacial score (nSPS) is 11.3. The maximum Gasteiger partial charge on any atom is 0.221 e. The molecule has 2 aromatic carbocycles. The number of aromatic amines is 1. The van der Waals surface area contributed by atoms with Crippen molar-refractivity contribution in [2.75, 3.05) is 11.1 Å². The summed E-state index contributed by atoms with van der Waals surface area (Å²) in [6, 6.07) is 13.6. The molecule has 1 heterocycles. The van der Waals surface area contributed by atoms with Gasteiger partial charge in [0.2, 0.25) is 11.8 Å². The second-order valence-corrected chi connectivity index (χ2v) is 8.52. The number of rotatable bonds is 7. The number of carbonyl (C=O) groups excluding carboxylic acids is 2. The highest BCUT2D eigenvalue weighted by atomic mass is 32.2. The van der Waals surface area contributed by atoms with E-state index in [4.69, 9.17) is 0 Å². The van der Waals surface area contributed by atoms with Crippen molar-refractivity contribution in [1.29, 1.82) is 0 Å². The average Bonchev–Trinajstić information content (AvgIpc) is 3.08. The number of fused-ring (bicyclic) bond motifs is 1. The number of para-hydroxylation sites is 1. The summed E-state index contributed by atoms with van der Waals surface area (Å²) in [6.07, 6.45) is 1.70. The molecule has 0 radical (unpaired) electrons. The fraction of sp³-hybridized carbons (Fsp3) is 0.200. The number of benzene rings is 2. The van der Waals surface area contributed by atoms with Gasteiger partial charge in [-0.25, -0.2) is 8.42 Å². The SMILES string of the molecule is CC(=O)Nc1ccc(S(=O)(=O)CCC(=O)NCc2c[nH]c3ccccc23)cc1. The van der Waals surface area contributed by atoms with Crippen LogP contribution in [0.4, 0.5) is 5.69 Å². The minimum atomic E-state index is -3.59. The van der Waals surface area contributed by atoms with E-state index in [0.717, 1.165) is 16.5 Å². The smallest absolute Gasteiger partial charge is 0.221 e. The van der Waals surface area contributed by atoms with Crippen LogP contribution >= 0.6 is 0 Å². The van der Waals surface area contributed by atoms with Crippen molar-refractivity contribution < 1.29 is 18.0 Å². The zero-order chi connectivity index (χ0) is 20.1. The summed E-state index contributed by atoms with van der Waals surface area (Å²) in [5, 5.41) is 6.36. The number of nitrogens with one attached hydrogen (secondary N) is 3. The molecule has 0 atom stereocenters. The molecule has 0 aliphatic carbocycles. The third-order valence-electron chi connectivity index (χ3n) is 4.28. The third kappa shape index (κ3) is 4.77. The van der Waals surface area contributed by atoms with Crippen molar-refractivity contribution in [1.82, 2.24) is 10.3 Å². The molecule has 0 saturated carbocycles. The Balaban J connectivity index is 1.55. The molecule has 0 fully saturated rings. The number of amides is 2. The molecule has 2 amide bonds. The number of hydrogen-bond acceptors (Lipinski definition) is 4. The van der Waals surface area contributed by atoms with Gasteiger partial charge in [-0.1, -0.05) is 18.2 Å². The molecular formula is C20H21N3O4S. The predicted octanol–water partition coefficient (Wildman–Crippen LogP) is 2.61. The molecule has 0 bridgehead atoms. The van der Waals surface area contributed by atoms with Crippen molar-refractivity contribution in [2.24, 2.45) is 0 Å². The lowest BCUT2D eigenvalue weighted by molar-refractivity contribution is -0.120. The Morgan fingerprint density at radius 3 is 2.46 bits per heavy atom. The predicted molar refractivity (Wildman–Crippen MR) is 108 cm³/mol. The molecule has 28 heavy (non-hydrogen) atoms. The molecule has 7 nitrogen and oxygen atoms in total. The van der Waals surface area contributed by atoms with Gasteiger partial charge < -0.3 is 15.6 Å². The second kappa shape index (κ2) is 8.26. The number of anilines is 1. The van der Waals surface area contributed by atoms with Crippen LogP contribution in [0.25, 0.3) is 10.9 Å². The van der Waals surface area contributed by atoms with E-state index in [1.165, 1.54) is 31.2 Å². The Bertz CT molecular complexity index is 1100. The van der Waals surface area contributed by atoms with Crippen LogP contribution < -0.4 is 10.6 Å². The molecule has 0 spiro atoms. The van der Waals surface area contributed by atoms with Gasteiger partial charge in [-0.05, 0) is 35.9 Å². The summed E-state index contributed by atoms with van der Waals surface area (Å²) in [7, 11) is -3.59. The van der Waals surface area contributed by atoms with E-state index in [2.05, 4.69) is 15.6 Å². The van der Waals surface area contributed by atoms with Crippen molar-refractivity contribution in [3.8, 4) is 0 Å². The minimum absolute atomic E-state index is 0.117. The molecule has 1 aromatic heterocycles. The highest BCUT2D eigenvalue weighted by Crippen LogP contribution is 2.18. The van der Waals surface area contributed by atoms with Gasteiger partial charge in [0.15, 0.2) is 9.84 Å². The first kappa shape index (κ1) is 19.6. The molecule has 0 aliphatic heterocycles. The summed E-state index contributed by atoms with van der Waals surface area (Å²) < 4.78 is 24.8. The van der Waals surface area contributed by atoms with E-state index < -0.39 is 9.84 Å². The van der Waals surface area contributed by atoms with Crippen LogP contribution in [0.3, 0.4) is 0 Å². The van der Waals surface area contributed by atoms with Crippen molar-refractivity contribution in [3.63, 3.8) is 0 Å². The first-order chi connectivity index (χ1) is 13.3. The van der Waals surface area contributed by atoms with Gasteiger partial charge in [0.25, 0.3) is 0 Å². The van der Waals surface area contributed by atoms with Gasteiger partial charge in [0.05, 0.1) is 10.6 Å². The number of H-pyrrole nitrogens is 1. The highest BCUT2D eigenvalue weighted by molar-refractivity contribution is 7.91. The van der Waals surface area contributed by atoms with Crippen molar-refractivity contribution in [2.45, 2.75) is 24.8 Å². The van der Waals surface area contributed by atoms with E-state index in [1.54, 1.807) is 0 Å². The van der Waals surface area contributed by atoms with Gasteiger partial charge in [-0.2, -0.15) is 0 Å². The molecule has 3 aromatic rings. The van der Waals surface area contributed by atoms with Crippen LogP contribution in [0.5, 0.6) is 0 Å². The number of sulfone groups is 1. The van der Waals surface area contributed by atoms with Crippen LogP contribution in [0.2, 0.25) is 0 Å². The minimum Gasteiger partial charge on any atom is -0.361 e. The fourth-order valence-corrected chi connectivity index (χ4v) is 4.09. The van der Waals surface area contributed by atoms with E-state index in [0.29, 0.717) is 12.2 Å². The maximum atomic E-state index is 12.4. The summed E-state index contributed by atoms with van der Waals surface area (Å²) in [6.45, 7) is 1.70. The molecule has 0 unspecified atom stereocenters. The van der Waals surface area contributed by atoms with Crippen LogP contribution in [0.15, 0.2) is 59.6 Å². The first-order valence-electron chi connectivity index (χ1n) is 8.77. The molecule has 0 aliphatic rings. The van der Waals surface area contributed by atoms with Crippen LogP contribution in [-0.2, 0) is 26.0 Å². The molecule has 146 valence electrons. The lowest BCUT2D eigenvalue weighted by Gasteiger charge is -2.07. The average molecular weight is 399 g/mol. The molecule has 0 saturated heterocycles. The molecule has 3 N–H and O–H groups in total.